The van der Waals surface area contributed by atoms with Gasteiger partial charge in [-0.1, -0.05) is 62.2 Å². The first kappa shape index (κ1) is 17.6. The maximum absolute atomic E-state index is 12.5. The number of aliphatic imine (C=N–C) groups is 1. The van der Waals surface area contributed by atoms with Crippen LogP contribution in [-0.2, 0) is 4.74 Å². The summed E-state index contributed by atoms with van der Waals surface area (Å²) in [6, 6.07) is 8.06. The number of alkyl halides is 5. The van der Waals surface area contributed by atoms with Crippen LogP contribution in [0.3, 0.4) is 0 Å². The van der Waals surface area contributed by atoms with Gasteiger partial charge < -0.3 is 4.74 Å². The number of hydrogen-bond acceptors (Lipinski definition) is 3. The summed E-state index contributed by atoms with van der Waals surface area (Å²) in [4.78, 5) is 16.4. The maximum atomic E-state index is 12.5. The summed E-state index contributed by atoms with van der Waals surface area (Å²) < 4.78 is 42.1. The fourth-order valence-corrected chi connectivity index (χ4v) is 2.43. The Labute approximate surface area is 142 Å². The van der Waals surface area contributed by atoms with Crippen LogP contribution in [0, 0.1) is 0 Å². The van der Waals surface area contributed by atoms with Crippen LogP contribution in [0.15, 0.2) is 35.3 Å². The van der Waals surface area contributed by atoms with E-state index in [-0.39, 0.29) is 9.30 Å². The third-order valence-corrected chi connectivity index (χ3v) is 3.94. The number of carbonyl (C=O) groups is 1. The van der Waals surface area contributed by atoms with Crippen molar-refractivity contribution in [1.29, 1.82) is 0 Å². The third kappa shape index (κ3) is 4.39. The van der Waals surface area contributed by atoms with Crippen molar-refractivity contribution < 1.29 is 22.7 Å². The van der Waals surface area contributed by atoms with E-state index in [1.54, 1.807) is 18.2 Å². The number of benzene rings is 1. The van der Waals surface area contributed by atoms with Crippen LogP contribution in [0.4, 0.5) is 13.2 Å². The molecule has 2 rings (SSSR count). The van der Waals surface area contributed by atoms with Gasteiger partial charge in [-0.3, -0.25) is 4.79 Å². The molecule has 0 aliphatic carbocycles. The number of ketones is 1. The lowest BCUT2D eigenvalue weighted by atomic mass is 10.0. The summed E-state index contributed by atoms with van der Waals surface area (Å²) in [7, 11) is 0. The number of rotatable bonds is 7. The van der Waals surface area contributed by atoms with E-state index in [2.05, 4.69) is 36.9 Å². The van der Waals surface area contributed by atoms with Crippen LogP contribution >= 0.6 is 31.9 Å². The maximum Gasteiger partial charge on any atom is 0.411 e. The molecule has 1 aromatic rings. The Hall–Kier alpha value is -0.730. The zero-order chi connectivity index (χ0) is 16.4. The normalized spacial score (nSPS) is 20.9. The molecule has 0 saturated carbocycles. The van der Waals surface area contributed by atoms with Gasteiger partial charge in [0.2, 0.25) is 5.78 Å². The van der Waals surface area contributed by atoms with Crippen molar-refractivity contribution in [3.8, 4) is 0 Å². The molecule has 1 unspecified atom stereocenters. The molecule has 0 fully saturated rings. The van der Waals surface area contributed by atoms with Crippen molar-refractivity contribution >= 4 is 43.4 Å². The van der Waals surface area contributed by atoms with E-state index in [0.717, 1.165) is 0 Å². The summed E-state index contributed by atoms with van der Waals surface area (Å²) in [5.74, 6) is -0.562. The van der Waals surface area contributed by atoms with Crippen LogP contribution in [0.25, 0.3) is 0 Å². The highest BCUT2D eigenvalue weighted by Crippen LogP contribution is 2.38. The van der Waals surface area contributed by atoms with E-state index in [1.807, 2.05) is 0 Å². The molecule has 1 aromatic carbocycles. The predicted molar refractivity (Wildman–Crippen MR) is 83.8 cm³/mol. The van der Waals surface area contributed by atoms with Crippen LogP contribution in [0.5, 0.6) is 0 Å². The average Bonchev–Trinajstić information content (AvgIpc) is 3.17. The quantitative estimate of drug-likeness (QED) is 0.460. The Kier molecular flexibility index (Phi) is 5.45. The number of Topliss-reactive ketones (excluding diaryl/α,β-unsaturated/α-hetero) is 1. The molecular formula is C14H12Br2F3NO2. The van der Waals surface area contributed by atoms with Crippen molar-refractivity contribution in [1.82, 2.24) is 0 Å². The minimum Gasteiger partial charge on any atom is -0.333 e. The van der Waals surface area contributed by atoms with E-state index >= 15 is 0 Å². The summed E-state index contributed by atoms with van der Waals surface area (Å²) in [5.41, 5.74) is -1.17. The van der Waals surface area contributed by atoms with Crippen LogP contribution < -0.4 is 0 Å². The molecule has 0 bridgehead atoms. The summed E-state index contributed by atoms with van der Waals surface area (Å²) in [6.07, 6.45) is -3.56. The van der Waals surface area contributed by atoms with E-state index in [4.69, 9.17) is 4.74 Å². The van der Waals surface area contributed by atoms with E-state index < -0.39 is 24.3 Å². The van der Waals surface area contributed by atoms with Gasteiger partial charge in [0, 0.05) is 5.56 Å². The first-order valence-corrected chi connectivity index (χ1v) is 8.25. The fourth-order valence-electron chi connectivity index (χ4n) is 1.97. The highest BCUT2D eigenvalue weighted by Gasteiger charge is 2.56. The molecular weight excluding hydrogens is 431 g/mol. The molecule has 1 heterocycles. The topological polar surface area (TPSA) is 38.7 Å². The molecule has 1 aliphatic heterocycles. The van der Waals surface area contributed by atoms with E-state index in [1.165, 1.54) is 12.1 Å². The van der Waals surface area contributed by atoms with Crippen molar-refractivity contribution in [2.75, 3.05) is 6.61 Å². The Bertz CT molecular complexity index is 575. The molecule has 8 heteroatoms. The molecule has 0 spiro atoms. The number of halogens is 5. The van der Waals surface area contributed by atoms with Crippen molar-refractivity contribution in [2.24, 2.45) is 4.99 Å². The molecule has 0 radical (unpaired) electrons. The largest absolute Gasteiger partial charge is 0.411 e. The highest BCUT2D eigenvalue weighted by atomic mass is 79.9. The lowest BCUT2D eigenvalue weighted by Crippen LogP contribution is -2.37. The van der Waals surface area contributed by atoms with Gasteiger partial charge in [0.05, 0.1) is 9.45 Å². The number of carbonyl (C=O) groups excluding carboxylic acids is 1. The monoisotopic (exact) mass is 441 g/mol. The highest BCUT2D eigenvalue weighted by molar-refractivity contribution is 9.24. The number of hydrogen-bond donors (Lipinski definition) is 0. The van der Waals surface area contributed by atoms with Gasteiger partial charge in [-0.25, -0.2) is 4.99 Å². The second-order valence-corrected chi connectivity index (χ2v) is 8.17. The molecule has 1 aliphatic rings. The van der Waals surface area contributed by atoms with E-state index in [9.17, 15) is 18.0 Å². The van der Waals surface area contributed by atoms with E-state index in [0.29, 0.717) is 18.6 Å². The second kappa shape index (κ2) is 6.80. The van der Waals surface area contributed by atoms with Gasteiger partial charge in [-0.05, 0) is 12.8 Å². The lowest BCUT2D eigenvalue weighted by Gasteiger charge is -2.17. The first-order valence-electron chi connectivity index (χ1n) is 6.42. The summed E-state index contributed by atoms with van der Waals surface area (Å²) in [5, 5.41) is 0. The summed E-state index contributed by atoms with van der Waals surface area (Å²) in [6.45, 7) is -1.51. The zero-order valence-electron chi connectivity index (χ0n) is 11.2. The lowest BCUT2D eigenvalue weighted by molar-refractivity contribution is -0.182. The Morgan fingerprint density at radius 3 is 2.45 bits per heavy atom. The Morgan fingerprint density at radius 1 is 1.27 bits per heavy atom. The fraction of sp³-hybridized carbons (Fsp3) is 0.429. The third-order valence-electron chi connectivity index (χ3n) is 3.02. The van der Waals surface area contributed by atoms with Crippen molar-refractivity contribution in [3.05, 3.63) is 35.9 Å². The molecule has 120 valence electrons. The molecule has 0 amide bonds. The van der Waals surface area contributed by atoms with Crippen LogP contribution in [-0.4, -0.2) is 33.7 Å². The average molecular weight is 443 g/mol. The zero-order valence-corrected chi connectivity index (χ0v) is 14.4. The minimum atomic E-state index is -4.51. The Morgan fingerprint density at radius 2 is 1.91 bits per heavy atom. The van der Waals surface area contributed by atoms with Crippen LogP contribution in [0.1, 0.15) is 23.2 Å². The molecule has 0 N–H and O–H groups in total. The van der Waals surface area contributed by atoms with Crippen molar-refractivity contribution in [3.63, 3.8) is 0 Å². The number of nitrogens with zero attached hydrogens (tertiary/aromatic N) is 1. The Balaban J connectivity index is 2.12. The first-order chi connectivity index (χ1) is 10.2. The SMILES string of the molecule is O=C(c1ccccc1)C1(OCC(F)(F)F)N=C1CCC(Br)Br. The van der Waals surface area contributed by atoms with Gasteiger partial charge in [0.1, 0.15) is 6.61 Å². The minimum absolute atomic E-state index is 0.00422. The molecule has 0 saturated heterocycles. The van der Waals surface area contributed by atoms with Gasteiger partial charge in [0.25, 0.3) is 5.72 Å². The second-order valence-electron chi connectivity index (χ2n) is 4.73. The van der Waals surface area contributed by atoms with Gasteiger partial charge >= 0.3 is 6.18 Å². The van der Waals surface area contributed by atoms with Crippen LogP contribution in [0.2, 0.25) is 0 Å². The molecule has 3 nitrogen and oxygen atoms in total. The standard InChI is InChI=1S/C14H12Br2F3NO2/c15-11(16)7-6-10-14(20-10,22-8-13(17,18)19)12(21)9-4-2-1-3-5-9/h1-5,11H,6-8H2. The smallest absolute Gasteiger partial charge is 0.333 e. The van der Waals surface area contributed by atoms with Gasteiger partial charge in [0.15, 0.2) is 0 Å². The van der Waals surface area contributed by atoms with Gasteiger partial charge in [-0.2, -0.15) is 13.2 Å². The summed E-state index contributed by atoms with van der Waals surface area (Å²) >= 11 is 6.55. The molecule has 0 aromatic heterocycles. The predicted octanol–water partition coefficient (Wildman–Crippen LogP) is 4.50. The molecule has 1 atom stereocenters. The number of ether oxygens (including phenoxy) is 1. The van der Waals surface area contributed by atoms with Crippen molar-refractivity contribution in [2.45, 2.75) is 28.5 Å². The molecule has 22 heavy (non-hydrogen) atoms. The van der Waals surface area contributed by atoms with Gasteiger partial charge in [-0.15, -0.1) is 0 Å².